The molecule has 0 radical (unpaired) electrons. The smallest absolute Gasteiger partial charge is 0.336 e. The van der Waals surface area contributed by atoms with Crippen LogP contribution in [0.5, 0.6) is 0 Å². The highest BCUT2D eigenvalue weighted by Crippen LogP contribution is 2.39. The molecule has 1 aliphatic carbocycles. The zero-order valence-corrected chi connectivity index (χ0v) is 7.53. The minimum atomic E-state index is -3.31. The molecule has 1 aliphatic rings. The van der Waals surface area contributed by atoms with Gasteiger partial charge in [0.05, 0.1) is 0 Å². The van der Waals surface area contributed by atoms with E-state index < -0.39 is 42.1 Å². The zero-order valence-electron chi connectivity index (χ0n) is 7.53. The molecule has 8 heteroatoms. The molecular weight excluding hydrogens is 212 g/mol. The van der Waals surface area contributed by atoms with Gasteiger partial charge in [0, 0.05) is 12.8 Å². The van der Waals surface area contributed by atoms with Gasteiger partial charge in [0.2, 0.25) is 11.6 Å². The highest BCUT2D eigenvalue weighted by molar-refractivity contribution is 5.77. The molecule has 1 unspecified atom stereocenters. The van der Waals surface area contributed by atoms with Crippen molar-refractivity contribution >= 4 is 5.97 Å². The first kappa shape index (κ1) is 12.3. The Kier molecular flexibility index (Phi) is 2.55. The Balaban J connectivity index is 3.07. The van der Waals surface area contributed by atoms with Crippen molar-refractivity contribution in [3.63, 3.8) is 0 Å². The fourth-order valence-corrected chi connectivity index (χ4v) is 1.50. The molecule has 1 rings (SSSR count). The third-order valence-corrected chi connectivity index (χ3v) is 2.52. The van der Waals surface area contributed by atoms with Crippen LogP contribution in [0, 0.1) is 0 Å². The van der Waals surface area contributed by atoms with Gasteiger partial charge in [-0.3, -0.25) is 0 Å². The SMILES string of the molecule is O=C(O)C1(O)C[C@@H](O)C(O)(O)C(O)(O)C1. The van der Waals surface area contributed by atoms with E-state index in [1.165, 1.54) is 0 Å². The molecule has 0 amide bonds. The number of carboxylic acids is 1. The van der Waals surface area contributed by atoms with Gasteiger partial charge in [-0.15, -0.1) is 0 Å². The van der Waals surface area contributed by atoms with E-state index in [0.717, 1.165) is 0 Å². The lowest BCUT2D eigenvalue weighted by Gasteiger charge is -2.47. The second-order valence-electron chi connectivity index (χ2n) is 3.78. The number of aliphatic hydroxyl groups is 6. The Labute approximate surface area is 83.6 Å². The summed E-state index contributed by atoms with van der Waals surface area (Å²) >= 11 is 0. The Morgan fingerprint density at radius 1 is 1.13 bits per heavy atom. The third kappa shape index (κ3) is 1.71. The van der Waals surface area contributed by atoms with Crippen LogP contribution >= 0.6 is 0 Å². The molecule has 0 aromatic rings. The van der Waals surface area contributed by atoms with Crippen molar-refractivity contribution < 1.29 is 40.5 Å². The van der Waals surface area contributed by atoms with Gasteiger partial charge in [0.15, 0.2) is 5.60 Å². The van der Waals surface area contributed by atoms with Crippen molar-refractivity contribution in [1.29, 1.82) is 0 Å². The molecular formula is C7H12O8. The molecule has 0 bridgehead atoms. The zero-order chi connectivity index (χ0) is 12.1. The molecule has 8 nitrogen and oxygen atoms in total. The van der Waals surface area contributed by atoms with Crippen LogP contribution in [0.25, 0.3) is 0 Å². The average Bonchev–Trinajstić information content (AvgIpc) is 1.99. The highest BCUT2D eigenvalue weighted by atomic mass is 16.6. The van der Waals surface area contributed by atoms with Crippen molar-refractivity contribution in [2.75, 3.05) is 0 Å². The molecule has 15 heavy (non-hydrogen) atoms. The second kappa shape index (κ2) is 3.11. The molecule has 2 atom stereocenters. The van der Waals surface area contributed by atoms with Gasteiger partial charge in [-0.1, -0.05) is 0 Å². The Hall–Kier alpha value is -0.770. The van der Waals surface area contributed by atoms with Crippen LogP contribution in [-0.4, -0.2) is 65.0 Å². The first-order valence-corrected chi connectivity index (χ1v) is 4.06. The van der Waals surface area contributed by atoms with E-state index in [1.54, 1.807) is 0 Å². The van der Waals surface area contributed by atoms with E-state index in [9.17, 15) is 9.90 Å². The monoisotopic (exact) mass is 224 g/mol. The quantitative estimate of drug-likeness (QED) is 0.224. The van der Waals surface area contributed by atoms with E-state index in [-0.39, 0.29) is 0 Å². The van der Waals surface area contributed by atoms with Crippen LogP contribution in [0.2, 0.25) is 0 Å². The summed E-state index contributed by atoms with van der Waals surface area (Å²) in [6.45, 7) is 0. The minimum absolute atomic E-state index is 0.918. The number of rotatable bonds is 1. The molecule has 7 N–H and O–H groups in total. The summed E-state index contributed by atoms with van der Waals surface area (Å²) in [5.41, 5.74) is -2.61. The summed E-state index contributed by atoms with van der Waals surface area (Å²) in [7, 11) is 0. The maximum Gasteiger partial charge on any atom is 0.336 e. The van der Waals surface area contributed by atoms with E-state index in [0.29, 0.717) is 0 Å². The molecule has 0 spiro atoms. The molecule has 0 aromatic carbocycles. The molecule has 0 heterocycles. The minimum Gasteiger partial charge on any atom is -0.479 e. The van der Waals surface area contributed by atoms with Gasteiger partial charge in [0.25, 0.3) is 0 Å². The standard InChI is InChI=1S/C7H12O8/c8-3-1-5(11,4(9)10)2-6(12,13)7(3,14)15/h3,8,11-15H,1-2H2,(H,9,10)/t3-,5?/m1/s1. The normalized spacial score (nSPS) is 38.7. The van der Waals surface area contributed by atoms with Crippen molar-refractivity contribution in [1.82, 2.24) is 0 Å². The van der Waals surface area contributed by atoms with Gasteiger partial charge < -0.3 is 35.7 Å². The number of hydrogen-bond acceptors (Lipinski definition) is 7. The first-order valence-electron chi connectivity index (χ1n) is 4.06. The lowest BCUT2D eigenvalue weighted by molar-refractivity contribution is -0.411. The largest absolute Gasteiger partial charge is 0.479 e. The topological polar surface area (TPSA) is 159 Å². The molecule has 88 valence electrons. The Bertz CT molecular complexity index is 285. The van der Waals surface area contributed by atoms with Gasteiger partial charge in [-0.25, -0.2) is 4.79 Å². The number of carbonyl (C=O) groups is 1. The summed E-state index contributed by atoms with van der Waals surface area (Å²) in [4.78, 5) is 10.6. The van der Waals surface area contributed by atoms with Crippen LogP contribution in [0.15, 0.2) is 0 Å². The summed E-state index contributed by atoms with van der Waals surface area (Å²) < 4.78 is 0. The number of carboxylic acid groups (broad SMARTS) is 1. The first-order chi connectivity index (χ1) is 6.53. The second-order valence-corrected chi connectivity index (χ2v) is 3.78. The number of aliphatic carboxylic acids is 1. The summed E-state index contributed by atoms with van der Waals surface area (Å²) in [5, 5.41) is 63.5. The lowest BCUT2D eigenvalue weighted by Crippen LogP contribution is -2.70. The van der Waals surface area contributed by atoms with E-state index >= 15 is 0 Å². The van der Waals surface area contributed by atoms with E-state index in [2.05, 4.69) is 0 Å². The van der Waals surface area contributed by atoms with Crippen molar-refractivity contribution in [3.8, 4) is 0 Å². The van der Waals surface area contributed by atoms with E-state index in [4.69, 9.17) is 30.6 Å². The van der Waals surface area contributed by atoms with Crippen LogP contribution in [-0.2, 0) is 4.79 Å². The van der Waals surface area contributed by atoms with Gasteiger partial charge in [-0.05, 0) is 0 Å². The predicted molar refractivity (Wildman–Crippen MR) is 42.2 cm³/mol. The van der Waals surface area contributed by atoms with E-state index in [1.807, 2.05) is 0 Å². The summed E-state index contributed by atoms with van der Waals surface area (Å²) in [6, 6.07) is 0. The Morgan fingerprint density at radius 3 is 1.93 bits per heavy atom. The molecule has 0 saturated heterocycles. The van der Waals surface area contributed by atoms with Crippen molar-refractivity contribution in [2.45, 2.75) is 36.1 Å². The van der Waals surface area contributed by atoms with Crippen LogP contribution in [0.3, 0.4) is 0 Å². The van der Waals surface area contributed by atoms with Crippen LogP contribution < -0.4 is 0 Å². The van der Waals surface area contributed by atoms with Gasteiger partial charge >= 0.3 is 5.97 Å². The van der Waals surface area contributed by atoms with Gasteiger partial charge in [0.1, 0.15) is 6.10 Å². The number of aliphatic hydroxyl groups excluding tert-OH is 1. The lowest BCUT2D eigenvalue weighted by atomic mass is 9.75. The fraction of sp³-hybridized carbons (Fsp3) is 0.857. The summed E-state index contributed by atoms with van der Waals surface area (Å²) in [6.07, 6.45) is -4.33. The molecule has 1 saturated carbocycles. The van der Waals surface area contributed by atoms with Crippen LogP contribution in [0.1, 0.15) is 12.8 Å². The third-order valence-electron chi connectivity index (χ3n) is 2.52. The predicted octanol–water partition coefficient (Wildman–Crippen LogP) is -3.68. The highest BCUT2D eigenvalue weighted by Gasteiger charge is 2.64. The van der Waals surface area contributed by atoms with Crippen LogP contribution in [0.4, 0.5) is 0 Å². The molecule has 1 fully saturated rings. The van der Waals surface area contributed by atoms with Crippen molar-refractivity contribution in [2.24, 2.45) is 0 Å². The van der Waals surface area contributed by atoms with Gasteiger partial charge in [-0.2, -0.15) is 0 Å². The fourth-order valence-electron chi connectivity index (χ4n) is 1.50. The average molecular weight is 224 g/mol. The summed E-state index contributed by atoms with van der Waals surface area (Å²) in [5.74, 6) is -8.38. The maximum atomic E-state index is 10.6. The molecule has 0 aliphatic heterocycles. The van der Waals surface area contributed by atoms with Crippen molar-refractivity contribution in [3.05, 3.63) is 0 Å². The maximum absolute atomic E-state index is 10.6. The Morgan fingerprint density at radius 2 is 1.60 bits per heavy atom. The molecule has 0 aromatic heterocycles. The number of hydrogen-bond donors (Lipinski definition) is 7.